The van der Waals surface area contributed by atoms with Gasteiger partial charge in [0.25, 0.3) is 0 Å². The van der Waals surface area contributed by atoms with Gasteiger partial charge in [-0.1, -0.05) is 6.07 Å². The van der Waals surface area contributed by atoms with Crippen LogP contribution in [0.4, 0.5) is 4.39 Å². The first-order valence-corrected chi connectivity index (χ1v) is 15.3. The van der Waals surface area contributed by atoms with Crippen LogP contribution in [-0.4, -0.2) is 50.4 Å². The zero-order valence-corrected chi connectivity index (χ0v) is 24.5. The number of allylic oxidation sites excluding steroid dienone is 2. The SMILES string of the molecule is C=C/C(=C(\c1cc[nH]c1C)N1CCN(C(=O)[C@H](CC2(C)N[I-]2)c2ccc(Cl)cc2)CC1)c1cccc(F)c1. The van der Waals surface area contributed by atoms with Gasteiger partial charge < -0.3 is 0 Å². The van der Waals surface area contributed by atoms with Crippen molar-refractivity contribution < 1.29 is 30.7 Å². The summed E-state index contributed by atoms with van der Waals surface area (Å²) in [7, 11) is 0. The molecule has 0 saturated carbocycles. The Bertz CT molecular complexity index is 1360. The van der Waals surface area contributed by atoms with Crippen LogP contribution in [0.1, 0.15) is 41.6 Å². The van der Waals surface area contributed by atoms with Gasteiger partial charge in [0.1, 0.15) is 5.82 Å². The number of benzene rings is 2. The number of nitrogens with zero attached hydrogens (tertiary/aromatic N) is 2. The van der Waals surface area contributed by atoms with Gasteiger partial charge >= 0.3 is 218 Å². The van der Waals surface area contributed by atoms with Crippen molar-refractivity contribution in [2.24, 2.45) is 0 Å². The molecule has 2 aromatic carbocycles. The molecule has 200 valence electrons. The summed E-state index contributed by atoms with van der Waals surface area (Å²) in [6, 6.07) is 16.4. The molecular weight excluding hydrogens is 614 g/mol. The number of hydrogen-bond donors (Lipinski definition) is 2. The van der Waals surface area contributed by atoms with Gasteiger partial charge in [-0.2, -0.15) is 0 Å². The molecule has 5 rings (SSSR count). The maximum absolute atomic E-state index is 14.2. The number of aromatic nitrogens is 1. The van der Waals surface area contributed by atoms with Gasteiger partial charge in [0.2, 0.25) is 0 Å². The summed E-state index contributed by atoms with van der Waals surface area (Å²) in [4.78, 5) is 21.5. The average molecular weight is 646 g/mol. The van der Waals surface area contributed by atoms with E-state index in [2.05, 4.69) is 26.9 Å². The molecule has 0 spiro atoms. The van der Waals surface area contributed by atoms with Gasteiger partial charge in [-0.25, -0.2) is 4.39 Å². The van der Waals surface area contributed by atoms with E-state index in [1.807, 2.05) is 54.4 Å². The summed E-state index contributed by atoms with van der Waals surface area (Å²) < 4.78 is 17.8. The monoisotopic (exact) mass is 645 g/mol. The van der Waals surface area contributed by atoms with Gasteiger partial charge in [0, 0.05) is 0 Å². The zero-order chi connectivity index (χ0) is 26.9. The Balaban J connectivity index is 1.41. The number of nitrogens with one attached hydrogen (secondary N) is 2. The number of aryl methyl sites for hydroxylation is 1. The molecule has 2 N–H and O–H groups in total. The molecule has 1 amide bonds. The van der Waals surface area contributed by atoms with E-state index in [0.717, 1.165) is 40.1 Å². The van der Waals surface area contributed by atoms with E-state index in [9.17, 15) is 9.18 Å². The van der Waals surface area contributed by atoms with Crippen LogP contribution in [0.3, 0.4) is 0 Å². The third-order valence-electron chi connectivity index (χ3n) is 7.29. The first kappa shape index (κ1) is 27.0. The number of H-pyrrole nitrogens is 1. The summed E-state index contributed by atoms with van der Waals surface area (Å²) in [6.45, 7) is 10.9. The summed E-state index contributed by atoms with van der Waals surface area (Å²) in [5, 5.41) is 0.674. The molecule has 0 radical (unpaired) electrons. The summed E-state index contributed by atoms with van der Waals surface area (Å²) in [5.74, 6) is -0.309. The normalized spacial score (nSPS) is 20.8. The number of piperazine rings is 1. The fourth-order valence-corrected chi connectivity index (χ4v) is 6.62. The van der Waals surface area contributed by atoms with Gasteiger partial charge in [0.15, 0.2) is 0 Å². The van der Waals surface area contributed by atoms with Crippen molar-refractivity contribution >= 4 is 28.8 Å². The Morgan fingerprint density at radius 1 is 1.16 bits per heavy atom. The van der Waals surface area contributed by atoms with E-state index in [-0.39, 0.29) is 42.7 Å². The van der Waals surface area contributed by atoms with Crippen molar-refractivity contribution in [3.8, 4) is 0 Å². The summed E-state index contributed by atoms with van der Waals surface area (Å²) in [6.07, 6.45) is 4.52. The second kappa shape index (κ2) is 11.2. The van der Waals surface area contributed by atoms with Crippen molar-refractivity contribution in [2.45, 2.75) is 29.7 Å². The quantitative estimate of drug-likeness (QED) is 0.0990. The number of carbonyl (C=O) groups is 1. The number of carbonyl (C=O) groups excluding carboxylic acids is 1. The molecule has 8 heteroatoms. The summed E-state index contributed by atoms with van der Waals surface area (Å²) >= 11 is 6.08. The van der Waals surface area contributed by atoms with E-state index < -0.39 is 0 Å². The predicted octanol–water partition coefficient (Wildman–Crippen LogP) is 2.81. The van der Waals surface area contributed by atoms with Crippen LogP contribution in [0.2, 0.25) is 5.02 Å². The number of hydrogen-bond acceptors (Lipinski definition) is 3. The van der Waals surface area contributed by atoms with Crippen LogP contribution in [-0.2, 0) is 4.79 Å². The molecule has 3 heterocycles. The topological polar surface area (TPSA) is 61.3 Å². The number of aromatic amines is 1. The van der Waals surface area contributed by atoms with E-state index in [0.29, 0.717) is 31.2 Å². The smallest absolute Gasteiger partial charge is 0.207 e. The van der Waals surface area contributed by atoms with Crippen molar-refractivity contribution in [2.75, 3.05) is 26.2 Å². The molecule has 2 aliphatic heterocycles. The first-order chi connectivity index (χ1) is 18.3. The van der Waals surface area contributed by atoms with E-state index in [1.165, 1.54) is 6.07 Å². The average Bonchev–Trinajstić information content (AvgIpc) is 3.50. The standard InChI is InChI=1S/C30H32ClFIN4O/c1-4-25(22-6-5-7-24(32)18-22)28(26-12-13-34-20(26)2)36-14-16-37(17-15-36)29(38)27(19-30(3)33-35-30)21-8-10-23(31)11-9-21/h4-13,18,27,34-35H,1,14-17,19H2,2-3H3/q-1/b28-25-/t27-,30?/m1/s1. The number of amides is 1. The predicted molar refractivity (Wildman–Crippen MR) is 147 cm³/mol. The van der Waals surface area contributed by atoms with Crippen molar-refractivity contribution in [1.29, 1.82) is 0 Å². The van der Waals surface area contributed by atoms with Crippen LogP contribution in [0, 0.1) is 12.7 Å². The minimum atomic E-state index is -0.281. The second-order valence-corrected chi connectivity index (χ2v) is 13.9. The first-order valence-electron chi connectivity index (χ1n) is 12.8. The Hall–Kier alpha value is -2.62. The van der Waals surface area contributed by atoms with Crippen LogP contribution >= 0.6 is 11.6 Å². The molecule has 0 bridgehead atoms. The molecule has 3 aromatic rings. The third kappa shape index (κ3) is 5.84. The maximum atomic E-state index is 14.2. The van der Waals surface area contributed by atoms with Crippen molar-refractivity contribution in [1.82, 2.24) is 18.3 Å². The second-order valence-electron chi connectivity index (χ2n) is 10.0. The Morgan fingerprint density at radius 2 is 1.84 bits per heavy atom. The third-order valence-corrected chi connectivity index (χ3v) is 10.4. The fraction of sp³-hybridized carbons (Fsp3) is 0.300. The molecule has 2 fully saturated rings. The number of alkyl halides is 1. The van der Waals surface area contributed by atoms with E-state index in [4.69, 9.17) is 11.6 Å². The number of rotatable bonds is 8. The van der Waals surface area contributed by atoms with Gasteiger partial charge in [-0.3, -0.25) is 0 Å². The molecular formula is C30H32ClFIN4O-. The van der Waals surface area contributed by atoms with Crippen LogP contribution in [0.15, 0.2) is 73.4 Å². The van der Waals surface area contributed by atoms with Gasteiger partial charge in [0.05, 0.1) is 0 Å². The molecule has 2 atom stereocenters. The molecule has 38 heavy (non-hydrogen) atoms. The Kier molecular flexibility index (Phi) is 7.98. The minimum absolute atomic E-state index is 0.0613. The Labute approximate surface area is 239 Å². The minimum Gasteiger partial charge on any atom is -0.207 e. The molecule has 0 aliphatic carbocycles. The summed E-state index contributed by atoms with van der Waals surface area (Å²) in [5.41, 5.74) is 5.77. The molecule has 2 aliphatic rings. The molecule has 1 aromatic heterocycles. The van der Waals surface area contributed by atoms with Crippen LogP contribution in [0.5, 0.6) is 0 Å². The van der Waals surface area contributed by atoms with Gasteiger partial charge in [-0.05, 0) is 6.07 Å². The molecule has 1 unspecified atom stereocenters. The van der Waals surface area contributed by atoms with Crippen molar-refractivity contribution in [3.63, 3.8) is 0 Å². The van der Waals surface area contributed by atoms with Crippen LogP contribution < -0.4 is 25.0 Å². The number of halogens is 3. The molecule has 2 saturated heterocycles. The van der Waals surface area contributed by atoms with E-state index in [1.54, 1.807) is 18.2 Å². The van der Waals surface area contributed by atoms with E-state index >= 15 is 0 Å². The van der Waals surface area contributed by atoms with Gasteiger partial charge in [-0.15, -0.1) is 0 Å². The Morgan fingerprint density at radius 3 is 2.42 bits per heavy atom. The van der Waals surface area contributed by atoms with Crippen molar-refractivity contribution in [3.05, 3.63) is 107 Å². The zero-order valence-electron chi connectivity index (χ0n) is 21.6. The van der Waals surface area contributed by atoms with Crippen LogP contribution in [0.25, 0.3) is 11.3 Å². The molecule has 5 nitrogen and oxygen atoms in total. The fourth-order valence-electron chi connectivity index (χ4n) is 5.16.